The first-order chi connectivity index (χ1) is 6.70. The van der Waals surface area contributed by atoms with E-state index < -0.39 is 0 Å². The van der Waals surface area contributed by atoms with E-state index in [9.17, 15) is 4.79 Å². The molecular formula is C12H22O2. The smallest absolute Gasteiger partial charge is 0.123 e. The number of methoxy groups -OCH3 is 1. The molecule has 0 bridgehead atoms. The third kappa shape index (κ3) is 7.99. The summed E-state index contributed by atoms with van der Waals surface area (Å²) < 4.78 is 5.28. The lowest BCUT2D eigenvalue weighted by Crippen LogP contribution is -2.07. The number of allylic oxidation sites excluding steroid dienone is 1. The van der Waals surface area contributed by atoms with Gasteiger partial charge in [0.25, 0.3) is 0 Å². The number of rotatable bonds is 8. The lowest BCUT2D eigenvalue weighted by Gasteiger charge is -2.11. The molecule has 82 valence electrons. The highest BCUT2D eigenvalue weighted by Crippen LogP contribution is 2.10. The third-order valence-electron chi connectivity index (χ3n) is 2.16. The normalized spacial score (nSPS) is 13.7. The van der Waals surface area contributed by atoms with Crippen molar-refractivity contribution in [2.24, 2.45) is 5.92 Å². The standard InChI is InChI=1S/C12H22O2/c1-11(2)7-6-9-12(14-3)8-4-5-10-13/h4,8,10-12H,5-7,9H2,1-3H3/b8-4+. The molecule has 0 rings (SSSR count). The molecule has 0 amide bonds. The minimum atomic E-state index is 0.175. The number of carbonyl (C=O) groups is 1. The zero-order valence-corrected chi connectivity index (χ0v) is 9.53. The Balaban J connectivity index is 3.62. The Morgan fingerprint density at radius 2 is 2.00 bits per heavy atom. The maximum Gasteiger partial charge on any atom is 0.123 e. The van der Waals surface area contributed by atoms with Crippen molar-refractivity contribution < 1.29 is 9.53 Å². The predicted molar refractivity (Wildman–Crippen MR) is 59.3 cm³/mol. The van der Waals surface area contributed by atoms with Crippen LogP contribution in [0.15, 0.2) is 12.2 Å². The van der Waals surface area contributed by atoms with Crippen molar-refractivity contribution in [1.29, 1.82) is 0 Å². The summed E-state index contributed by atoms with van der Waals surface area (Å²) in [7, 11) is 1.71. The van der Waals surface area contributed by atoms with Gasteiger partial charge in [-0.25, -0.2) is 0 Å². The van der Waals surface area contributed by atoms with Gasteiger partial charge in [0, 0.05) is 13.5 Å². The number of aldehydes is 1. The minimum Gasteiger partial charge on any atom is -0.377 e. The highest BCUT2D eigenvalue weighted by molar-refractivity contribution is 5.51. The molecule has 0 heterocycles. The van der Waals surface area contributed by atoms with Crippen molar-refractivity contribution in [3.8, 4) is 0 Å². The molecule has 0 aliphatic heterocycles. The molecule has 0 saturated carbocycles. The molecule has 0 N–H and O–H groups in total. The molecule has 0 aromatic carbocycles. The second-order valence-corrected chi connectivity index (χ2v) is 3.93. The first-order valence-electron chi connectivity index (χ1n) is 5.33. The first kappa shape index (κ1) is 13.4. The lowest BCUT2D eigenvalue weighted by atomic mass is 10.0. The molecule has 2 heteroatoms. The van der Waals surface area contributed by atoms with E-state index in [1.165, 1.54) is 12.8 Å². The minimum absolute atomic E-state index is 0.175. The summed E-state index contributed by atoms with van der Waals surface area (Å²) in [5.74, 6) is 0.756. The Hall–Kier alpha value is -0.630. The van der Waals surface area contributed by atoms with Crippen LogP contribution in [-0.4, -0.2) is 19.5 Å². The van der Waals surface area contributed by atoms with Crippen molar-refractivity contribution in [1.82, 2.24) is 0 Å². The Bertz CT molecular complexity index is 162. The topological polar surface area (TPSA) is 26.3 Å². The highest BCUT2D eigenvalue weighted by atomic mass is 16.5. The van der Waals surface area contributed by atoms with Crippen molar-refractivity contribution in [2.75, 3.05) is 7.11 Å². The summed E-state index contributed by atoms with van der Waals surface area (Å²) in [5, 5.41) is 0. The summed E-state index contributed by atoms with van der Waals surface area (Å²) in [5.41, 5.74) is 0. The lowest BCUT2D eigenvalue weighted by molar-refractivity contribution is -0.107. The van der Waals surface area contributed by atoms with Gasteiger partial charge in [0.2, 0.25) is 0 Å². The Morgan fingerprint density at radius 1 is 1.29 bits per heavy atom. The van der Waals surface area contributed by atoms with Crippen LogP contribution in [0.1, 0.15) is 39.5 Å². The molecule has 0 saturated heterocycles. The van der Waals surface area contributed by atoms with Crippen molar-refractivity contribution in [3.05, 3.63) is 12.2 Å². The molecule has 14 heavy (non-hydrogen) atoms. The van der Waals surface area contributed by atoms with Crippen LogP contribution in [0.4, 0.5) is 0 Å². The zero-order chi connectivity index (χ0) is 10.8. The molecule has 0 spiro atoms. The molecule has 2 nitrogen and oxygen atoms in total. The van der Waals surface area contributed by atoms with Gasteiger partial charge in [-0.05, 0) is 12.3 Å². The average molecular weight is 198 g/mol. The van der Waals surface area contributed by atoms with Gasteiger partial charge in [0.1, 0.15) is 6.29 Å². The Kier molecular flexibility index (Phi) is 8.54. The fourth-order valence-corrected chi connectivity index (χ4v) is 1.31. The number of hydrogen-bond donors (Lipinski definition) is 0. The van der Waals surface area contributed by atoms with Crippen molar-refractivity contribution in [2.45, 2.75) is 45.6 Å². The second-order valence-electron chi connectivity index (χ2n) is 3.93. The van der Waals surface area contributed by atoms with Crippen LogP contribution in [0.3, 0.4) is 0 Å². The first-order valence-corrected chi connectivity index (χ1v) is 5.33. The van der Waals surface area contributed by atoms with E-state index in [0.29, 0.717) is 6.42 Å². The summed E-state index contributed by atoms with van der Waals surface area (Å²) in [6, 6.07) is 0. The van der Waals surface area contributed by atoms with E-state index in [1.807, 2.05) is 12.2 Å². The maximum absolute atomic E-state index is 10.1. The molecule has 0 aromatic rings. The van der Waals surface area contributed by atoms with Gasteiger partial charge < -0.3 is 9.53 Å². The van der Waals surface area contributed by atoms with Crippen LogP contribution < -0.4 is 0 Å². The third-order valence-corrected chi connectivity index (χ3v) is 2.16. The fourth-order valence-electron chi connectivity index (χ4n) is 1.31. The van der Waals surface area contributed by atoms with E-state index in [2.05, 4.69) is 13.8 Å². The van der Waals surface area contributed by atoms with Gasteiger partial charge in [-0.15, -0.1) is 0 Å². The van der Waals surface area contributed by atoms with Crippen molar-refractivity contribution >= 4 is 6.29 Å². The van der Waals surface area contributed by atoms with E-state index in [4.69, 9.17) is 4.74 Å². The number of ether oxygens (including phenoxy) is 1. The summed E-state index contributed by atoms with van der Waals surface area (Å²) in [6.07, 6.45) is 8.88. The van der Waals surface area contributed by atoms with E-state index >= 15 is 0 Å². The Morgan fingerprint density at radius 3 is 2.50 bits per heavy atom. The molecular weight excluding hydrogens is 176 g/mol. The highest BCUT2D eigenvalue weighted by Gasteiger charge is 2.02. The monoisotopic (exact) mass is 198 g/mol. The molecule has 0 fully saturated rings. The van der Waals surface area contributed by atoms with Crippen LogP contribution in [0, 0.1) is 5.92 Å². The quantitative estimate of drug-likeness (QED) is 0.443. The van der Waals surface area contributed by atoms with E-state index in [0.717, 1.165) is 18.6 Å². The molecule has 0 aliphatic rings. The van der Waals surface area contributed by atoms with Crippen LogP contribution in [0.2, 0.25) is 0 Å². The molecule has 0 aromatic heterocycles. The largest absolute Gasteiger partial charge is 0.377 e. The molecule has 0 radical (unpaired) electrons. The second kappa shape index (κ2) is 8.95. The number of carbonyl (C=O) groups excluding carboxylic acids is 1. The maximum atomic E-state index is 10.1. The van der Waals surface area contributed by atoms with Crippen LogP contribution >= 0.6 is 0 Å². The van der Waals surface area contributed by atoms with Crippen LogP contribution in [-0.2, 0) is 9.53 Å². The predicted octanol–water partition coefficient (Wildman–Crippen LogP) is 2.97. The Labute approximate surface area is 87.3 Å². The van der Waals surface area contributed by atoms with Gasteiger partial charge in [-0.1, -0.05) is 38.8 Å². The fraction of sp³-hybridized carbons (Fsp3) is 0.750. The average Bonchev–Trinajstić information content (AvgIpc) is 2.15. The summed E-state index contributed by atoms with van der Waals surface area (Å²) in [4.78, 5) is 10.1. The SMILES string of the molecule is COC(/C=C/CC=O)CCCC(C)C. The molecule has 1 unspecified atom stereocenters. The van der Waals surface area contributed by atoms with Crippen molar-refractivity contribution in [3.63, 3.8) is 0 Å². The molecule has 1 atom stereocenters. The summed E-state index contributed by atoms with van der Waals surface area (Å²) in [6.45, 7) is 4.45. The van der Waals surface area contributed by atoms with Gasteiger partial charge in [0.15, 0.2) is 0 Å². The van der Waals surface area contributed by atoms with Crippen LogP contribution in [0.5, 0.6) is 0 Å². The van der Waals surface area contributed by atoms with E-state index in [-0.39, 0.29) is 6.10 Å². The number of hydrogen-bond acceptors (Lipinski definition) is 2. The van der Waals surface area contributed by atoms with Gasteiger partial charge in [0.05, 0.1) is 6.10 Å². The zero-order valence-electron chi connectivity index (χ0n) is 9.53. The van der Waals surface area contributed by atoms with E-state index in [1.54, 1.807) is 7.11 Å². The van der Waals surface area contributed by atoms with Gasteiger partial charge >= 0.3 is 0 Å². The van der Waals surface area contributed by atoms with Gasteiger partial charge in [-0.2, -0.15) is 0 Å². The summed E-state index contributed by atoms with van der Waals surface area (Å²) >= 11 is 0. The van der Waals surface area contributed by atoms with Gasteiger partial charge in [-0.3, -0.25) is 0 Å². The van der Waals surface area contributed by atoms with Crippen LogP contribution in [0.25, 0.3) is 0 Å². The molecule has 0 aliphatic carbocycles.